The predicted octanol–water partition coefficient (Wildman–Crippen LogP) is 1.54. The van der Waals surface area contributed by atoms with E-state index in [0.29, 0.717) is 11.6 Å². The summed E-state index contributed by atoms with van der Waals surface area (Å²) in [7, 11) is 4.42. The van der Waals surface area contributed by atoms with Crippen LogP contribution in [-0.2, 0) is 0 Å². The lowest BCUT2D eigenvalue weighted by Crippen LogP contribution is -2.21. The average molecular weight is 305 g/mol. The molecule has 116 valence electrons. The maximum atomic E-state index is 11.9. The fourth-order valence-corrected chi connectivity index (χ4v) is 1.51. The highest BCUT2D eigenvalue weighted by Gasteiger charge is 2.09. The third-order valence-corrected chi connectivity index (χ3v) is 2.53. The number of ether oxygens (including phenoxy) is 3. The van der Waals surface area contributed by atoms with Crippen molar-refractivity contribution in [3.8, 4) is 17.6 Å². The lowest BCUT2D eigenvalue weighted by molar-refractivity contribution is 0.262. The first-order valence-electron chi connectivity index (χ1n) is 6.19. The highest BCUT2D eigenvalue weighted by atomic mass is 16.5. The second-order valence-corrected chi connectivity index (χ2v) is 3.94. The van der Waals surface area contributed by atoms with E-state index >= 15 is 0 Å². The number of anilines is 2. The van der Waals surface area contributed by atoms with Gasteiger partial charge >= 0.3 is 6.03 Å². The molecule has 0 saturated carbocycles. The van der Waals surface area contributed by atoms with Crippen molar-refractivity contribution in [2.45, 2.75) is 0 Å². The number of aromatic nitrogens is 3. The van der Waals surface area contributed by atoms with Crippen molar-refractivity contribution in [2.75, 3.05) is 32.0 Å². The number of pyridine rings is 1. The molecule has 0 unspecified atom stereocenters. The largest absolute Gasteiger partial charge is 0.481 e. The Hall–Kier alpha value is -3.10. The lowest BCUT2D eigenvalue weighted by atomic mass is 10.4. The van der Waals surface area contributed by atoms with Gasteiger partial charge in [-0.3, -0.25) is 5.32 Å². The van der Waals surface area contributed by atoms with Crippen molar-refractivity contribution in [1.82, 2.24) is 15.0 Å². The van der Waals surface area contributed by atoms with Crippen molar-refractivity contribution >= 4 is 17.7 Å². The van der Waals surface area contributed by atoms with E-state index in [9.17, 15) is 4.79 Å². The summed E-state index contributed by atoms with van der Waals surface area (Å²) in [6.45, 7) is 0. The first-order chi connectivity index (χ1) is 10.6. The average Bonchev–Trinajstić information content (AvgIpc) is 2.55. The minimum absolute atomic E-state index is 0.0511. The van der Waals surface area contributed by atoms with Gasteiger partial charge in [0.1, 0.15) is 0 Å². The van der Waals surface area contributed by atoms with Crippen LogP contribution in [0.3, 0.4) is 0 Å². The minimum atomic E-state index is -0.526. The van der Waals surface area contributed by atoms with Crippen LogP contribution in [0.4, 0.5) is 16.4 Å². The summed E-state index contributed by atoms with van der Waals surface area (Å²) in [5.41, 5.74) is 0.494. The second-order valence-electron chi connectivity index (χ2n) is 3.94. The number of rotatable bonds is 5. The molecule has 9 nitrogen and oxygen atoms in total. The van der Waals surface area contributed by atoms with Gasteiger partial charge in [-0.2, -0.15) is 9.97 Å². The zero-order valence-corrected chi connectivity index (χ0v) is 12.3. The van der Waals surface area contributed by atoms with Crippen LogP contribution in [0.1, 0.15) is 0 Å². The van der Waals surface area contributed by atoms with Gasteiger partial charge in [0.2, 0.25) is 23.6 Å². The number of nitrogens with one attached hydrogen (secondary N) is 2. The highest BCUT2D eigenvalue weighted by Crippen LogP contribution is 2.17. The van der Waals surface area contributed by atoms with Gasteiger partial charge in [-0.1, -0.05) is 0 Å². The Morgan fingerprint density at radius 1 is 0.955 bits per heavy atom. The minimum Gasteiger partial charge on any atom is -0.481 e. The van der Waals surface area contributed by atoms with E-state index in [1.165, 1.54) is 33.6 Å². The van der Waals surface area contributed by atoms with E-state index in [-0.39, 0.29) is 17.7 Å². The van der Waals surface area contributed by atoms with Gasteiger partial charge in [-0.05, 0) is 6.07 Å². The monoisotopic (exact) mass is 305 g/mol. The smallest absolute Gasteiger partial charge is 0.326 e. The summed E-state index contributed by atoms with van der Waals surface area (Å²) < 4.78 is 14.9. The third-order valence-electron chi connectivity index (χ3n) is 2.53. The Kier molecular flexibility index (Phi) is 4.91. The fourth-order valence-electron chi connectivity index (χ4n) is 1.51. The molecule has 0 radical (unpaired) electrons. The van der Waals surface area contributed by atoms with Gasteiger partial charge in [0.05, 0.1) is 39.3 Å². The molecule has 2 heterocycles. The number of urea groups is 1. The molecule has 0 aromatic carbocycles. The zero-order valence-electron chi connectivity index (χ0n) is 12.3. The molecule has 2 aromatic heterocycles. The summed E-state index contributed by atoms with van der Waals surface area (Å²) in [5, 5.41) is 5.06. The van der Waals surface area contributed by atoms with Crippen LogP contribution >= 0.6 is 0 Å². The number of hydrogen-bond donors (Lipinski definition) is 2. The summed E-state index contributed by atoms with van der Waals surface area (Å²) in [6, 6.07) is 4.25. The number of methoxy groups -OCH3 is 3. The molecule has 0 saturated heterocycles. The molecular weight excluding hydrogens is 290 g/mol. The summed E-state index contributed by atoms with van der Waals surface area (Å²) in [4.78, 5) is 23.8. The van der Waals surface area contributed by atoms with Crippen molar-refractivity contribution in [2.24, 2.45) is 0 Å². The molecule has 2 aromatic rings. The zero-order chi connectivity index (χ0) is 15.9. The number of carbonyl (C=O) groups excluding carboxylic acids is 1. The van der Waals surface area contributed by atoms with Gasteiger partial charge < -0.3 is 19.5 Å². The number of amides is 2. The first-order valence-corrected chi connectivity index (χ1v) is 6.19. The molecule has 0 aliphatic carbocycles. The molecule has 2 amide bonds. The summed E-state index contributed by atoms with van der Waals surface area (Å²) in [5.74, 6) is 1.04. The van der Waals surface area contributed by atoms with E-state index in [1.54, 1.807) is 12.1 Å². The molecule has 0 spiro atoms. The highest BCUT2D eigenvalue weighted by molar-refractivity contribution is 5.98. The van der Waals surface area contributed by atoms with Crippen molar-refractivity contribution in [3.63, 3.8) is 0 Å². The Morgan fingerprint density at radius 2 is 1.59 bits per heavy atom. The van der Waals surface area contributed by atoms with Crippen LogP contribution in [-0.4, -0.2) is 42.3 Å². The summed E-state index contributed by atoms with van der Waals surface area (Å²) >= 11 is 0. The molecule has 22 heavy (non-hydrogen) atoms. The van der Waals surface area contributed by atoms with Crippen LogP contribution in [0.25, 0.3) is 0 Å². The van der Waals surface area contributed by atoms with Gasteiger partial charge in [0.25, 0.3) is 0 Å². The maximum Gasteiger partial charge on any atom is 0.326 e. The van der Waals surface area contributed by atoms with E-state index < -0.39 is 6.03 Å². The van der Waals surface area contributed by atoms with Gasteiger partial charge in [-0.15, -0.1) is 0 Å². The number of hydrogen-bond acceptors (Lipinski definition) is 7. The van der Waals surface area contributed by atoms with Crippen molar-refractivity contribution < 1.29 is 19.0 Å². The molecule has 0 atom stereocenters. The molecule has 2 rings (SSSR count). The molecule has 0 aliphatic rings. The van der Waals surface area contributed by atoms with Gasteiger partial charge in [0.15, 0.2) is 0 Å². The van der Waals surface area contributed by atoms with Gasteiger partial charge in [0, 0.05) is 6.07 Å². The van der Waals surface area contributed by atoms with E-state index in [2.05, 4.69) is 25.6 Å². The maximum absolute atomic E-state index is 11.9. The topological polar surface area (TPSA) is 107 Å². The molecular formula is C13H15N5O4. The van der Waals surface area contributed by atoms with E-state index in [0.717, 1.165) is 0 Å². The Balaban J connectivity index is 2.04. The number of nitrogens with zero attached hydrogens (tertiary/aromatic N) is 3. The third kappa shape index (κ3) is 3.95. The normalized spacial score (nSPS) is 9.77. The molecule has 0 bridgehead atoms. The number of carbonyl (C=O) groups is 1. The van der Waals surface area contributed by atoms with Crippen LogP contribution < -0.4 is 24.8 Å². The van der Waals surface area contributed by atoms with Gasteiger partial charge in [-0.25, -0.2) is 9.78 Å². The Labute approximate surface area is 126 Å². The molecule has 9 heteroatoms. The van der Waals surface area contributed by atoms with Crippen LogP contribution in [0, 0.1) is 0 Å². The quantitative estimate of drug-likeness (QED) is 0.862. The SMILES string of the molecule is COc1ccc(NC(=O)Nc2nc(OC)cc(OC)n2)cn1. The van der Waals surface area contributed by atoms with Crippen LogP contribution in [0.2, 0.25) is 0 Å². The molecule has 0 fully saturated rings. The van der Waals surface area contributed by atoms with Crippen molar-refractivity contribution in [1.29, 1.82) is 0 Å². The van der Waals surface area contributed by atoms with E-state index in [1.807, 2.05) is 0 Å². The Bertz CT molecular complexity index is 625. The predicted molar refractivity (Wildman–Crippen MR) is 78.6 cm³/mol. The lowest BCUT2D eigenvalue weighted by Gasteiger charge is -2.09. The fraction of sp³-hybridized carbons (Fsp3) is 0.231. The summed E-state index contributed by atoms with van der Waals surface area (Å²) in [6.07, 6.45) is 1.46. The first kappa shape index (κ1) is 15.3. The molecule has 2 N–H and O–H groups in total. The Morgan fingerprint density at radius 3 is 2.09 bits per heavy atom. The molecule has 0 aliphatic heterocycles. The van der Waals surface area contributed by atoms with E-state index in [4.69, 9.17) is 14.2 Å². The van der Waals surface area contributed by atoms with Crippen molar-refractivity contribution in [3.05, 3.63) is 24.4 Å². The second kappa shape index (κ2) is 7.07. The van der Waals surface area contributed by atoms with Crippen LogP contribution in [0.5, 0.6) is 17.6 Å². The van der Waals surface area contributed by atoms with Crippen LogP contribution in [0.15, 0.2) is 24.4 Å². The standard InChI is InChI=1S/C13H15N5O4/c1-20-9-5-4-8(7-14-9)15-13(19)18-12-16-10(21-2)6-11(17-12)22-3/h4-7H,1-3H3,(H2,15,16,17,18,19).